The molecule has 0 radical (unpaired) electrons. The number of carbonyl (C=O) groups is 5. The Hall–Kier alpha value is -3.37. The van der Waals surface area contributed by atoms with Crippen molar-refractivity contribution in [2.45, 2.75) is 38.1 Å². The first-order valence-corrected chi connectivity index (χ1v) is 9.20. The molecule has 11 heteroatoms. The number of amides is 1. The number of carboxylic acid groups (broad SMARTS) is 1. The van der Waals surface area contributed by atoms with Crippen LogP contribution in [-0.4, -0.2) is 67.5 Å². The minimum absolute atomic E-state index is 0.0572. The van der Waals surface area contributed by atoms with Crippen molar-refractivity contribution in [2.24, 2.45) is 0 Å². The summed E-state index contributed by atoms with van der Waals surface area (Å²) in [6, 6.07) is -1.15. The largest absolute Gasteiger partial charge is 0.480 e. The second-order valence-corrected chi connectivity index (χ2v) is 5.73. The van der Waals surface area contributed by atoms with Crippen LogP contribution < -0.4 is 5.32 Å². The zero-order valence-electron chi connectivity index (χ0n) is 16.6. The highest BCUT2D eigenvalue weighted by Gasteiger charge is 2.20. The number of hydrogen-bond acceptors (Lipinski definition) is 9. The van der Waals surface area contributed by atoms with Crippen LogP contribution in [0.15, 0.2) is 25.3 Å². The fourth-order valence-corrected chi connectivity index (χ4v) is 2.00. The summed E-state index contributed by atoms with van der Waals surface area (Å²) in [5.74, 6) is -2.95. The molecule has 11 nitrogen and oxygen atoms in total. The number of esters is 3. The van der Waals surface area contributed by atoms with Crippen molar-refractivity contribution < 1.29 is 48.0 Å². The number of ether oxygens (including phenoxy) is 4. The van der Waals surface area contributed by atoms with Gasteiger partial charge in [-0.1, -0.05) is 26.0 Å². The normalized spacial score (nSPS) is 10.8. The molecule has 0 aromatic rings. The molecular weight excluding hydrogens is 402 g/mol. The lowest BCUT2D eigenvalue weighted by Gasteiger charge is -2.14. The van der Waals surface area contributed by atoms with Gasteiger partial charge in [0.2, 0.25) is 0 Å². The number of nitrogens with one attached hydrogen (secondary N) is 1. The number of carbonyl (C=O) groups excluding carboxylic acids is 4. The van der Waals surface area contributed by atoms with Crippen LogP contribution in [-0.2, 0) is 38.1 Å². The molecule has 0 aliphatic rings. The van der Waals surface area contributed by atoms with Gasteiger partial charge < -0.3 is 29.4 Å². The van der Waals surface area contributed by atoms with Crippen molar-refractivity contribution in [3.8, 4) is 0 Å². The molecule has 168 valence electrons. The Kier molecular flexibility index (Phi) is 14.7. The lowest BCUT2D eigenvalue weighted by Crippen LogP contribution is -2.41. The van der Waals surface area contributed by atoms with Crippen LogP contribution in [0, 0.1) is 0 Å². The van der Waals surface area contributed by atoms with Crippen molar-refractivity contribution in [3.63, 3.8) is 0 Å². The van der Waals surface area contributed by atoms with Crippen LogP contribution in [0.4, 0.5) is 4.79 Å². The van der Waals surface area contributed by atoms with Gasteiger partial charge in [-0.15, -0.1) is 0 Å². The van der Waals surface area contributed by atoms with Crippen molar-refractivity contribution >= 4 is 30.0 Å². The standard InChI is InChI=1S/C19H27NO10/c1-3-15(21)27-10-11-29-17(23)9-7-5-6-8-14(18(24)25)20-19(26)30-13-12-28-16(22)4-2/h3-4,14H,1-2,5-13H2,(H,20,26)(H,24,25)/t14-/m0/s1. The molecule has 0 saturated carbocycles. The van der Waals surface area contributed by atoms with E-state index in [2.05, 4.69) is 27.9 Å². The van der Waals surface area contributed by atoms with Gasteiger partial charge in [0.25, 0.3) is 0 Å². The first-order chi connectivity index (χ1) is 14.3. The second-order valence-electron chi connectivity index (χ2n) is 5.73. The predicted octanol–water partition coefficient (Wildman–Crippen LogP) is 1.12. The second kappa shape index (κ2) is 16.6. The van der Waals surface area contributed by atoms with Crippen LogP contribution >= 0.6 is 0 Å². The summed E-state index contributed by atoms with van der Waals surface area (Å²) in [5.41, 5.74) is 0. The van der Waals surface area contributed by atoms with Gasteiger partial charge in [0.05, 0.1) is 0 Å². The van der Waals surface area contributed by atoms with Gasteiger partial charge in [-0.3, -0.25) is 4.79 Å². The third kappa shape index (κ3) is 14.7. The Morgan fingerprint density at radius 1 is 0.800 bits per heavy atom. The van der Waals surface area contributed by atoms with E-state index in [1.165, 1.54) is 0 Å². The molecule has 1 atom stereocenters. The lowest BCUT2D eigenvalue weighted by atomic mass is 10.1. The number of alkyl carbamates (subject to hydrolysis) is 1. The minimum Gasteiger partial charge on any atom is -0.480 e. The highest BCUT2D eigenvalue weighted by molar-refractivity contribution is 5.81. The van der Waals surface area contributed by atoms with E-state index in [1.54, 1.807) is 0 Å². The van der Waals surface area contributed by atoms with Gasteiger partial charge in [0.15, 0.2) is 0 Å². The Morgan fingerprint density at radius 3 is 1.87 bits per heavy atom. The van der Waals surface area contributed by atoms with Crippen LogP contribution in [0.2, 0.25) is 0 Å². The fraction of sp³-hybridized carbons (Fsp3) is 0.526. The Balaban J connectivity index is 3.91. The Morgan fingerprint density at radius 2 is 1.33 bits per heavy atom. The Labute approximate surface area is 174 Å². The minimum atomic E-state index is -1.22. The van der Waals surface area contributed by atoms with Crippen molar-refractivity contribution in [1.82, 2.24) is 5.32 Å². The van der Waals surface area contributed by atoms with Gasteiger partial charge >= 0.3 is 30.0 Å². The topological polar surface area (TPSA) is 155 Å². The zero-order valence-corrected chi connectivity index (χ0v) is 16.6. The van der Waals surface area contributed by atoms with E-state index in [0.29, 0.717) is 19.3 Å². The van der Waals surface area contributed by atoms with E-state index >= 15 is 0 Å². The average Bonchev–Trinajstić information content (AvgIpc) is 2.72. The van der Waals surface area contributed by atoms with Gasteiger partial charge in [-0.2, -0.15) is 0 Å². The van der Waals surface area contributed by atoms with Gasteiger partial charge in [0, 0.05) is 18.6 Å². The van der Waals surface area contributed by atoms with E-state index in [9.17, 15) is 24.0 Å². The smallest absolute Gasteiger partial charge is 0.407 e. The highest BCUT2D eigenvalue weighted by Crippen LogP contribution is 2.07. The third-order valence-corrected chi connectivity index (χ3v) is 3.45. The third-order valence-electron chi connectivity index (χ3n) is 3.45. The summed E-state index contributed by atoms with van der Waals surface area (Å²) in [6.07, 6.45) is 2.74. The van der Waals surface area contributed by atoms with E-state index in [1.807, 2.05) is 0 Å². The molecule has 30 heavy (non-hydrogen) atoms. The molecule has 0 spiro atoms. The zero-order chi connectivity index (χ0) is 22.8. The maximum absolute atomic E-state index is 11.6. The van der Waals surface area contributed by atoms with E-state index in [-0.39, 0.29) is 39.3 Å². The number of rotatable bonds is 16. The van der Waals surface area contributed by atoms with Gasteiger partial charge in [-0.05, 0) is 12.8 Å². The lowest BCUT2D eigenvalue weighted by molar-refractivity contribution is -0.149. The molecule has 0 bridgehead atoms. The molecular formula is C19H27NO10. The molecule has 0 heterocycles. The van der Waals surface area contributed by atoms with Crippen LogP contribution in [0.5, 0.6) is 0 Å². The summed E-state index contributed by atoms with van der Waals surface area (Å²) >= 11 is 0. The fourth-order valence-electron chi connectivity index (χ4n) is 2.00. The highest BCUT2D eigenvalue weighted by atomic mass is 16.6. The van der Waals surface area contributed by atoms with E-state index in [0.717, 1.165) is 12.2 Å². The van der Waals surface area contributed by atoms with E-state index < -0.39 is 36.0 Å². The number of carboxylic acids is 1. The molecule has 0 aromatic carbocycles. The SMILES string of the molecule is C=CC(=O)OCCOC(=O)CCCCC[C@H](NC(=O)OCCOC(=O)C=C)C(=O)O. The van der Waals surface area contributed by atoms with Crippen molar-refractivity contribution in [2.75, 3.05) is 26.4 Å². The predicted molar refractivity (Wildman–Crippen MR) is 102 cm³/mol. The van der Waals surface area contributed by atoms with Crippen LogP contribution in [0.1, 0.15) is 32.1 Å². The molecule has 0 unspecified atom stereocenters. The first-order valence-electron chi connectivity index (χ1n) is 9.20. The van der Waals surface area contributed by atoms with Crippen LogP contribution in [0.3, 0.4) is 0 Å². The first kappa shape index (κ1) is 26.6. The van der Waals surface area contributed by atoms with Gasteiger partial charge in [0.1, 0.15) is 32.5 Å². The quantitative estimate of drug-likeness (QED) is 0.158. The summed E-state index contributed by atoms with van der Waals surface area (Å²) in [4.78, 5) is 55.9. The maximum atomic E-state index is 11.6. The molecule has 0 fully saturated rings. The molecule has 0 rings (SSSR count). The Bertz CT molecular complexity index is 616. The monoisotopic (exact) mass is 429 g/mol. The molecule has 0 aromatic heterocycles. The van der Waals surface area contributed by atoms with Crippen LogP contribution in [0.25, 0.3) is 0 Å². The summed E-state index contributed by atoms with van der Waals surface area (Å²) < 4.78 is 18.9. The molecule has 0 aliphatic carbocycles. The van der Waals surface area contributed by atoms with Gasteiger partial charge in [-0.25, -0.2) is 19.2 Å². The average molecular weight is 429 g/mol. The van der Waals surface area contributed by atoms with E-state index in [4.69, 9.17) is 14.6 Å². The molecule has 0 saturated heterocycles. The number of aliphatic carboxylic acids is 1. The van der Waals surface area contributed by atoms with Crippen molar-refractivity contribution in [3.05, 3.63) is 25.3 Å². The van der Waals surface area contributed by atoms with Crippen molar-refractivity contribution in [1.29, 1.82) is 0 Å². The summed E-state index contributed by atoms with van der Waals surface area (Å²) in [5, 5.41) is 11.4. The molecule has 1 amide bonds. The molecule has 2 N–H and O–H groups in total. The summed E-state index contributed by atoms with van der Waals surface area (Å²) in [6.45, 7) is 5.91. The number of hydrogen-bond donors (Lipinski definition) is 2. The number of unbranched alkanes of at least 4 members (excludes halogenated alkanes) is 2. The maximum Gasteiger partial charge on any atom is 0.407 e. The summed E-state index contributed by atoms with van der Waals surface area (Å²) in [7, 11) is 0. The molecule has 0 aliphatic heterocycles.